The number of aliphatic hydroxyl groups excluding tert-OH is 2. The van der Waals surface area contributed by atoms with Crippen LogP contribution in [0.3, 0.4) is 0 Å². The number of rotatable bonds is 8. The molecule has 2 aliphatic rings. The molecule has 0 unspecified atom stereocenters. The molecule has 30 heavy (non-hydrogen) atoms. The minimum absolute atomic E-state index is 0.227. The maximum absolute atomic E-state index is 12.6. The van der Waals surface area contributed by atoms with Gasteiger partial charge in [-0.1, -0.05) is 12.1 Å². The first-order chi connectivity index (χ1) is 14.6. The molecule has 0 atom stereocenters. The molecule has 6 nitrogen and oxygen atoms in total. The van der Waals surface area contributed by atoms with Crippen molar-refractivity contribution in [3.05, 3.63) is 35.4 Å². The van der Waals surface area contributed by atoms with Gasteiger partial charge in [0.2, 0.25) is 0 Å². The molecule has 6 heteroatoms. The molecular formula is C24H34O6. The lowest BCUT2D eigenvalue weighted by molar-refractivity contribution is 0.0336. The summed E-state index contributed by atoms with van der Waals surface area (Å²) in [6.07, 6.45) is 7.62. The van der Waals surface area contributed by atoms with Crippen molar-refractivity contribution in [2.24, 2.45) is 23.7 Å². The molecule has 0 aliphatic heterocycles. The van der Waals surface area contributed by atoms with Crippen molar-refractivity contribution in [3.63, 3.8) is 0 Å². The highest BCUT2D eigenvalue weighted by Gasteiger charge is 2.25. The summed E-state index contributed by atoms with van der Waals surface area (Å²) >= 11 is 0. The van der Waals surface area contributed by atoms with E-state index in [1.54, 1.807) is 24.3 Å². The van der Waals surface area contributed by atoms with Crippen LogP contribution in [0.25, 0.3) is 0 Å². The van der Waals surface area contributed by atoms with Gasteiger partial charge in [-0.25, -0.2) is 9.59 Å². The zero-order valence-electron chi connectivity index (χ0n) is 17.6. The third-order valence-corrected chi connectivity index (χ3v) is 6.72. The van der Waals surface area contributed by atoms with Crippen LogP contribution in [0.15, 0.2) is 24.3 Å². The Balaban J connectivity index is 1.49. The number of benzene rings is 1. The van der Waals surface area contributed by atoms with Crippen molar-refractivity contribution in [1.82, 2.24) is 0 Å². The first kappa shape index (κ1) is 22.8. The van der Waals surface area contributed by atoms with Crippen molar-refractivity contribution in [2.45, 2.75) is 51.4 Å². The SMILES string of the molecule is O=C(OCC1CCC(CO)CC1)c1ccccc1C(=O)OCC1CCC(CO)CC1. The van der Waals surface area contributed by atoms with Gasteiger partial charge in [-0.05, 0) is 87.2 Å². The van der Waals surface area contributed by atoms with Crippen LogP contribution in [-0.4, -0.2) is 48.6 Å². The number of carbonyl (C=O) groups excluding carboxylic acids is 2. The van der Waals surface area contributed by atoms with E-state index in [0.29, 0.717) is 36.9 Å². The fraction of sp³-hybridized carbons (Fsp3) is 0.667. The van der Waals surface area contributed by atoms with Crippen molar-refractivity contribution in [3.8, 4) is 0 Å². The van der Waals surface area contributed by atoms with Crippen molar-refractivity contribution in [2.75, 3.05) is 26.4 Å². The summed E-state index contributed by atoms with van der Waals surface area (Å²) in [7, 11) is 0. The minimum Gasteiger partial charge on any atom is -0.462 e. The summed E-state index contributed by atoms with van der Waals surface area (Å²) in [5, 5.41) is 18.5. The molecule has 1 aromatic rings. The monoisotopic (exact) mass is 418 g/mol. The van der Waals surface area contributed by atoms with E-state index in [2.05, 4.69) is 0 Å². The number of hydrogen-bond donors (Lipinski definition) is 2. The predicted octanol–water partition coefficient (Wildman–Crippen LogP) is 3.60. The smallest absolute Gasteiger partial charge is 0.339 e. The molecule has 0 heterocycles. The Hall–Kier alpha value is -1.92. The van der Waals surface area contributed by atoms with Gasteiger partial charge in [0.25, 0.3) is 0 Å². The van der Waals surface area contributed by atoms with E-state index in [1.165, 1.54) is 0 Å². The van der Waals surface area contributed by atoms with Crippen LogP contribution in [0.2, 0.25) is 0 Å². The number of hydrogen-bond acceptors (Lipinski definition) is 6. The van der Waals surface area contributed by atoms with Crippen LogP contribution in [0.1, 0.15) is 72.1 Å². The summed E-state index contributed by atoms with van der Waals surface area (Å²) in [6.45, 7) is 1.14. The summed E-state index contributed by atoms with van der Waals surface area (Å²) in [5.41, 5.74) is 0.492. The molecule has 2 fully saturated rings. The lowest BCUT2D eigenvalue weighted by Gasteiger charge is -2.27. The molecule has 166 valence electrons. The quantitative estimate of drug-likeness (QED) is 0.627. The molecule has 0 aromatic heterocycles. The number of aliphatic hydroxyl groups is 2. The Morgan fingerprint density at radius 3 is 1.33 bits per heavy atom. The maximum Gasteiger partial charge on any atom is 0.339 e. The van der Waals surface area contributed by atoms with Gasteiger partial charge < -0.3 is 19.7 Å². The Kier molecular flexibility index (Phi) is 8.70. The zero-order valence-corrected chi connectivity index (χ0v) is 17.6. The van der Waals surface area contributed by atoms with Crippen LogP contribution in [0, 0.1) is 23.7 Å². The second-order valence-corrected chi connectivity index (χ2v) is 8.88. The molecular weight excluding hydrogens is 384 g/mol. The molecule has 1 aromatic carbocycles. The van der Waals surface area contributed by atoms with E-state index in [1.807, 2.05) is 0 Å². The number of esters is 2. The zero-order chi connectivity index (χ0) is 21.3. The van der Waals surface area contributed by atoms with Gasteiger partial charge in [-0.15, -0.1) is 0 Å². The highest BCUT2D eigenvalue weighted by atomic mass is 16.5. The molecule has 2 N–H and O–H groups in total. The van der Waals surface area contributed by atoms with E-state index in [9.17, 15) is 19.8 Å². The summed E-state index contributed by atoms with van der Waals surface area (Å²) in [4.78, 5) is 25.2. The Morgan fingerprint density at radius 2 is 1.00 bits per heavy atom. The first-order valence-corrected chi connectivity index (χ1v) is 11.3. The van der Waals surface area contributed by atoms with Crippen LogP contribution in [-0.2, 0) is 9.47 Å². The molecule has 0 spiro atoms. The van der Waals surface area contributed by atoms with E-state index in [4.69, 9.17) is 9.47 Å². The first-order valence-electron chi connectivity index (χ1n) is 11.3. The largest absolute Gasteiger partial charge is 0.462 e. The molecule has 3 rings (SSSR count). The minimum atomic E-state index is -0.490. The standard InChI is InChI=1S/C24H34O6/c25-13-17-5-9-19(10-6-17)15-29-23(27)21-3-1-2-4-22(21)24(28)30-16-20-11-7-18(14-26)8-12-20/h1-4,17-20,25-26H,5-16H2. The molecule has 0 amide bonds. The van der Waals surface area contributed by atoms with Gasteiger partial charge in [0.15, 0.2) is 0 Å². The fourth-order valence-electron chi connectivity index (χ4n) is 4.54. The van der Waals surface area contributed by atoms with E-state index >= 15 is 0 Å². The Morgan fingerprint density at radius 1 is 0.667 bits per heavy atom. The van der Waals surface area contributed by atoms with Gasteiger partial charge >= 0.3 is 11.9 Å². The summed E-state index contributed by atoms with van der Waals surface area (Å²) in [5.74, 6) is 0.373. The molecule has 0 radical (unpaired) electrons. The second-order valence-electron chi connectivity index (χ2n) is 8.88. The van der Waals surface area contributed by atoms with Gasteiger partial charge in [0.05, 0.1) is 24.3 Å². The third kappa shape index (κ3) is 6.29. The lowest BCUT2D eigenvalue weighted by atomic mass is 9.83. The summed E-state index contributed by atoms with van der Waals surface area (Å²) in [6, 6.07) is 6.65. The number of carbonyl (C=O) groups is 2. The predicted molar refractivity (Wildman–Crippen MR) is 112 cm³/mol. The van der Waals surface area contributed by atoms with E-state index < -0.39 is 11.9 Å². The van der Waals surface area contributed by atoms with Crippen molar-refractivity contribution >= 4 is 11.9 Å². The second kappa shape index (κ2) is 11.5. The van der Waals surface area contributed by atoms with E-state index in [-0.39, 0.29) is 24.3 Å². The van der Waals surface area contributed by atoms with Crippen molar-refractivity contribution < 1.29 is 29.3 Å². The Bertz CT molecular complexity index is 628. The van der Waals surface area contributed by atoms with Crippen LogP contribution < -0.4 is 0 Å². The average Bonchev–Trinajstić information content (AvgIpc) is 2.81. The normalized spacial score (nSPS) is 26.7. The van der Waals surface area contributed by atoms with Crippen LogP contribution in [0.4, 0.5) is 0 Å². The molecule has 2 aliphatic carbocycles. The molecule has 0 saturated heterocycles. The lowest BCUT2D eigenvalue weighted by Crippen LogP contribution is -2.24. The highest BCUT2D eigenvalue weighted by molar-refractivity contribution is 6.03. The average molecular weight is 419 g/mol. The Labute approximate surface area is 178 Å². The van der Waals surface area contributed by atoms with Crippen molar-refractivity contribution in [1.29, 1.82) is 0 Å². The summed E-state index contributed by atoms with van der Waals surface area (Å²) < 4.78 is 11.0. The maximum atomic E-state index is 12.6. The van der Waals surface area contributed by atoms with Gasteiger partial charge in [0.1, 0.15) is 0 Å². The van der Waals surface area contributed by atoms with Crippen LogP contribution >= 0.6 is 0 Å². The molecule has 2 saturated carbocycles. The van der Waals surface area contributed by atoms with Gasteiger partial charge in [-0.3, -0.25) is 0 Å². The topological polar surface area (TPSA) is 93.1 Å². The number of ether oxygens (including phenoxy) is 2. The highest BCUT2D eigenvalue weighted by Crippen LogP contribution is 2.30. The van der Waals surface area contributed by atoms with Gasteiger partial charge in [0, 0.05) is 13.2 Å². The fourth-order valence-corrected chi connectivity index (χ4v) is 4.54. The molecule has 0 bridgehead atoms. The third-order valence-electron chi connectivity index (χ3n) is 6.72. The van der Waals surface area contributed by atoms with Crippen LogP contribution in [0.5, 0.6) is 0 Å². The van der Waals surface area contributed by atoms with E-state index in [0.717, 1.165) is 51.4 Å². The van der Waals surface area contributed by atoms with Gasteiger partial charge in [-0.2, -0.15) is 0 Å².